The normalized spacial score (nSPS) is 20.0. The smallest absolute Gasteiger partial charge is 0.165 e. The number of aromatic hydroxyl groups is 1. The van der Waals surface area contributed by atoms with E-state index in [0.29, 0.717) is 18.1 Å². The summed E-state index contributed by atoms with van der Waals surface area (Å²) in [6.07, 6.45) is 4.81. The van der Waals surface area contributed by atoms with E-state index >= 15 is 0 Å². The third-order valence-corrected chi connectivity index (χ3v) is 5.73. The summed E-state index contributed by atoms with van der Waals surface area (Å²) in [5.41, 5.74) is 2.40. The summed E-state index contributed by atoms with van der Waals surface area (Å²) in [5, 5.41) is 18.3. The van der Waals surface area contributed by atoms with Gasteiger partial charge in [-0.1, -0.05) is 6.07 Å². The van der Waals surface area contributed by atoms with Gasteiger partial charge < -0.3 is 19.9 Å². The van der Waals surface area contributed by atoms with Crippen molar-refractivity contribution in [1.82, 2.24) is 15.1 Å². The number of halogens is 1. The van der Waals surface area contributed by atoms with Crippen molar-refractivity contribution in [3.05, 3.63) is 42.3 Å². The topological polar surface area (TPSA) is 68.5 Å². The van der Waals surface area contributed by atoms with Gasteiger partial charge in [-0.3, -0.25) is 0 Å². The van der Waals surface area contributed by atoms with E-state index in [1.807, 2.05) is 23.0 Å². The fraction of sp³-hybridized carbons (Fsp3) is 0.409. The van der Waals surface area contributed by atoms with Crippen LogP contribution in [0.4, 0.5) is 4.39 Å². The lowest BCUT2D eigenvalue weighted by molar-refractivity contribution is -0.0366. The van der Waals surface area contributed by atoms with Gasteiger partial charge in [0, 0.05) is 25.6 Å². The number of benzene rings is 2. The third-order valence-electron chi connectivity index (χ3n) is 5.73. The first-order valence-electron chi connectivity index (χ1n) is 10.1. The molecule has 2 aliphatic heterocycles. The Morgan fingerprint density at radius 1 is 1.21 bits per heavy atom. The van der Waals surface area contributed by atoms with Crippen molar-refractivity contribution in [3.8, 4) is 22.6 Å². The van der Waals surface area contributed by atoms with Crippen molar-refractivity contribution in [2.75, 3.05) is 26.3 Å². The minimum atomic E-state index is -0.644. The molecule has 29 heavy (non-hydrogen) atoms. The van der Waals surface area contributed by atoms with Crippen molar-refractivity contribution < 1.29 is 19.0 Å². The summed E-state index contributed by atoms with van der Waals surface area (Å²) in [4.78, 5) is 0. The Kier molecular flexibility index (Phi) is 4.85. The van der Waals surface area contributed by atoms with Gasteiger partial charge in [0.25, 0.3) is 0 Å². The number of aromatic nitrogens is 2. The summed E-state index contributed by atoms with van der Waals surface area (Å²) in [6, 6.07) is 8.33. The zero-order valence-corrected chi connectivity index (χ0v) is 16.1. The van der Waals surface area contributed by atoms with Gasteiger partial charge in [-0.05, 0) is 54.7 Å². The van der Waals surface area contributed by atoms with Gasteiger partial charge in [-0.25, -0.2) is 9.07 Å². The number of nitrogens with one attached hydrogen (secondary N) is 1. The molecular weight excluding hydrogens is 373 g/mol. The molecule has 0 aliphatic carbocycles. The molecule has 3 aromatic rings. The number of nitrogens with zero attached hydrogens (tertiary/aromatic N) is 2. The van der Waals surface area contributed by atoms with Gasteiger partial charge in [0.2, 0.25) is 0 Å². The standard InChI is InChI=1S/C22H24FN3O3/c23-18-7-15(4-5-20(18)27)16-8-19-17(21(9-16)29-13-14-10-24-11-14)12-25-26(19)22-3-1-2-6-28-22/h4-5,7-9,12,14,22,24,27H,1-3,6,10-11,13H2. The number of phenols is 1. The average molecular weight is 397 g/mol. The molecule has 6 nitrogen and oxygen atoms in total. The summed E-state index contributed by atoms with van der Waals surface area (Å²) >= 11 is 0. The number of fused-ring (bicyclic) bond motifs is 1. The maximum absolute atomic E-state index is 14.0. The fourth-order valence-corrected chi connectivity index (χ4v) is 3.91. The second-order valence-corrected chi connectivity index (χ2v) is 7.82. The third kappa shape index (κ3) is 3.56. The van der Waals surface area contributed by atoms with Crippen LogP contribution in [0.1, 0.15) is 25.5 Å². The average Bonchev–Trinajstić information content (AvgIpc) is 3.13. The quantitative estimate of drug-likeness (QED) is 0.685. The van der Waals surface area contributed by atoms with Crippen LogP contribution in [0.3, 0.4) is 0 Å². The van der Waals surface area contributed by atoms with Crippen molar-refractivity contribution in [3.63, 3.8) is 0 Å². The monoisotopic (exact) mass is 397 g/mol. The number of phenolic OH excluding ortho intramolecular Hbond substituents is 1. The van der Waals surface area contributed by atoms with Gasteiger partial charge in [-0.2, -0.15) is 5.10 Å². The highest BCUT2D eigenvalue weighted by Crippen LogP contribution is 2.36. The minimum Gasteiger partial charge on any atom is -0.505 e. The van der Waals surface area contributed by atoms with Gasteiger partial charge in [0.05, 0.1) is 23.7 Å². The van der Waals surface area contributed by atoms with Crippen molar-refractivity contribution in [2.45, 2.75) is 25.5 Å². The molecule has 0 spiro atoms. The Balaban J connectivity index is 1.58. The highest BCUT2D eigenvalue weighted by molar-refractivity contribution is 5.90. The van der Waals surface area contributed by atoms with E-state index < -0.39 is 5.82 Å². The zero-order chi connectivity index (χ0) is 19.8. The molecule has 2 saturated heterocycles. The fourth-order valence-electron chi connectivity index (χ4n) is 3.91. The predicted octanol–water partition coefficient (Wildman–Crippen LogP) is 3.85. The molecule has 2 aromatic carbocycles. The molecule has 1 atom stereocenters. The lowest BCUT2D eigenvalue weighted by Crippen LogP contribution is -2.45. The Hall–Kier alpha value is -2.64. The van der Waals surface area contributed by atoms with E-state index in [0.717, 1.165) is 61.2 Å². The molecule has 1 aromatic heterocycles. The second kappa shape index (κ2) is 7.65. The second-order valence-electron chi connectivity index (χ2n) is 7.82. The molecule has 152 valence electrons. The minimum absolute atomic E-state index is 0.100. The largest absolute Gasteiger partial charge is 0.505 e. The van der Waals surface area contributed by atoms with E-state index in [1.165, 1.54) is 12.1 Å². The van der Waals surface area contributed by atoms with Crippen LogP contribution >= 0.6 is 0 Å². The molecule has 2 aliphatic rings. The lowest BCUT2D eigenvalue weighted by Gasteiger charge is -2.27. The van der Waals surface area contributed by atoms with Crippen LogP contribution < -0.4 is 10.1 Å². The summed E-state index contributed by atoms with van der Waals surface area (Å²) in [7, 11) is 0. The Labute approximate surface area is 168 Å². The van der Waals surface area contributed by atoms with Gasteiger partial charge in [0.1, 0.15) is 5.75 Å². The molecule has 3 heterocycles. The van der Waals surface area contributed by atoms with Gasteiger partial charge in [0.15, 0.2) is 17.8 Å². The molecule has 7 heteroatoms. The molecule has 1 unspecified atom stereocenters. The molecule has 0 saturated carbocycles. The highest BCUT2D eigenvalue weighted by Gasteiger charge is 2.22. The number of hydrogen-bond acceptors (Lipinski definition) is 5. The predicted molar refractivity (Wildman–Crippen MR) is 107 cm³/mol. The first kappa shape index (κ1) is 18.4. The SMILES string of the molecule is Oc1ccc(-c2cc(OCC3CNC3)c3cnn(C4CCCCO4)c3c2)cc1F. The summed E-state index contributed by atoms with van der Waals surface area (Å²) in [5.74, 6) is 0.232. The Morgan fingerprint density at radius 2 is 2.10 bits per heavy atom. The van der Waals surface area contributed by atoms with E-state index in [1.54, 1.807) is 6.07 Å². The number of ether oxygens (including phenoxy) is 2. The zero-order valence-electron chi connectivity index (χ0n) is 16.1. The van der Waals surface area contributed by atoms with Crippen molar-refractivity contribution >= 4 is 10.9 Å². The van der Waals surface area contributed by atoms with E-state index in [2.05, 4.69) is 10.4 Å². The van der Waals surface area contributed by atoms with Crippen LogP contribution in [0, 0.1) is 11.7 Å². The molecule has 5 rings (SSSR count). The molecule has 2 N–H and O–H groups in total. The maximum Gasteiger partial charge on any atom is 0.165 e. The number of hydrogen-bond donors (Lipinski definition) is 2. The van der Waals surface area contributed by atoms with Crippen LogP contribution in [0.5, 0.6) is 11.5 Å². The van der Waals surface area contributed by atoms with Crippen molar-refractivity contribution in [1.29, 1.82) is 0 Å². The van der Waals surface area contributed by atoms with Gasteiger partial charge in [-0.15, -0.1) is 0 Å². The van der Waals surface area contributed by atoms with E-state index in [-0.39, 0.29) is 12.0 Å². The van der Waals surface area contributed by atoms with Crippen LogP contribution in [0.2, 0.25) is 0 Å². The number of rotatable bonds is 5. The molecule has 2 fully saturated rings. The molecule has 0 bridgehead atoms. The van der Waals surface area contributed by atoms with Crippen LogP contribution in [0.25, 0.3) is 22.0 Å². The molecule has 0 radical (unpaired) electrons. The van der Waals surface area contributed by atoms with Crippen LogP contribution in [-0.2, 0) is 4.74 Å². The van der Waals surface area contributed by atoms with Crippen LogP contribution in [-0.4, -0.2) is 41.2 Å². The summed E-state index contributed by atoms with van der Waals surface area (Å²) < 4.78 is 28.0. The van der Waals surface area contributed by atoms with E-state index in [9.17, 15) is 9.50 Å². The van der Waals surface area contributed by atoms with Gasteiger partial charge >= 0.3 is 0 Å². The lowest BCUT2D eigenvalue weighted by atomic mass is 10.0. The first-order chi connectivity index (χ1) is 14.2. The Morgan fingerprint density at radius 3 is 2.83 bits per heavy atom. The first-order valence-corrected chi connectivity index (χ1v) is 10.1. The summed E-state index contributed by atoms with van der Waals surface area (Å²) in [6.45, 7) is 3.27. The highest BCUT2D eigenvalue weighted by atomic mass is 19.1. The van der Waals surface area contributed by atoms with E-state index in [4.69, 9.17) is 9.47 Å². The Bertz CT molecular complexity index is 1030. The maximum atomic E-state index is 14.0. The van der Waals surface area contributed by atoms with Crippen molar-refractivity contribution in [2.24, 2.45) is 5.92 Å². The molecular formula is C22H24FN3O3. The molecule has 0 amide bonds. The van der Waals surface area contributed by atoms with Crippen LogP contribution in [0.15, 0.2) is 36.5 Å².